The van der Waals surface area contributed by atoms with Crippen LogP contribution in [-0.2, 0) is 29.3 Å². The van der Waals surface area contributed by atoms with Gasteiger partial charge in [-0.3, -0.25) is 4.79 Å². The minimum Gasteiger partial charge on any atom is -0.463 e. The van der Waals surface area contributed by atoms with Crippen molar-refractivity contribution in [1.29, 1.82) is 5.26 Å². The molecule has 10 nitrogen and oxygen atoms in total. The van der Waals surface area contributed by atoms with E-state index in [1.807, 2.05) is 0 Å². The van der Waals surface area contributed by atoms with Crippen LogP contribution in [0, 0.1) is 17.2 Å². The minimum absolute atomic E-state index is 0.189. The van der Waals surface area contributed by atoms with Gasteiger partial charge in [-0.05, 0) is 26.0 Å². The Morgan fingerprint density at radius 2 is 2.21 bits per heavy atom. The Hall–Kier alpha value is -2.74. The normalized spacial score (nSPS) is 33.4. The van der Waals surface area contributed by atoms with Crippen molar-refractivity contribution in [3.05, 3.63) is 24.2 Å². The number of anilines is 1. The molecule has 2 aliphatic rings. The molecule has 29 heavy (non-hydrogen) atoms. The quantitative estimate of drug-likeness (QED) is 0.747. The van der Waals surface area contributed by atoms with E-state index < -0.39 is 35.6 Å². The van der Waals surface area contributed by atoms with E-state index in [0.29, 0.717) is 5.52 Å². The Balaban J connectivity index is 1.81. The van der Waals surface area contributed by atoms with Crippen LogP contribution in [0.2, 0.25) is 0 Å². The third-order valence-electron chi connectivity index (χ3n) is 4.90. The first-order valence-electron chi connectivity index (χ1n) is 9.77. The first-order chi connectivity index (χ1) is 14.0. The van der Waals surface area contributed by atoms with E-state index >= 15 is 0 Å². The van der Waals surface area contributed by atoms with Crippen LogP contribution < -0.4 is 5.73 Å². The van der Waals surface area contributed by atoms with Crippen molar-refractivity contribution in [1.82, 2.24) is 14.6 Å². The molecular weight excluding hydrogens is 378 g/mol. The number of carbonyl (C=O) groups excluding carboxylic acids is 1. The summed E-state index contributed by atoms with van der Waals surface area (Å²) in [6.45, 7) is 6.53. The molecule has 4 heterocycles. The van der Waals surface area contributed by atoms with Crippen LogP contribution >= 0.6 is 0 Å². The zero-order chi connectivity index (χ0) is 21.9. The molecule has 2 saturated heterocycles. The summed E-state index contributed by atoms with van der Waals surface area (Å²) in [6, 6.07) is 5.33. The number of nitrogens with two attached hydrogens (primary N) is 1. The molecule has 2 N–H and O–H groups in total. The van der Waals surface area contributed by atoms with Crippen LogP contribution in [0.3, 0.4) is 0 Å². The van der Waals surface area contributed by atoms with Crippen LogP contribution in [-0.4, -0.2) is 51.2 Å². The molecule has 154 valence electrons. The van der Waals surface area contributed by atoms with Gasteiger partial charge in [-0.25, -0.2) is 9.50 Å². The van der Waals surface area contributed by atoms with Crippen molar-refractivity contribution in [2.24, 2.45) is 5.92 Å². The number of nitrogens with zero attached hydrogens (tertiary/aromatic N) is 4. The molecule has 0 unspecified atom stereocenters. The molecule has 0 bridgehead atoms. The number of fused-ring (bicyclic) bond motifs is 2. The number of rotatable bonds is 4. The molecule has 0 aliphatic carbocycles. The number of aromatic nitrogens is 3. The fourth-order valence-corrected chi connectivity index (χ4v) is 3.57. The summed E-state index contributed by atoms with van der Waals surface area (Å²) >= 11 is 0. The van der Waals surface area contributed by atoms with Crippen LogP contribution in [0.4, 0.5) is 5.82 Å². The van der Waals surface area contributed by atoms with Gasteiger partial charge in [0.25, 0.3) is 0 Å². The maximum atomic E-state index is 12.0. The summed E-state index contributed by atoms with van der Waals surface area (Å²) in [4.78, 5) is 15.9. The number of nitriles is 1. The van der Waals surface area contributed by atoms with Crippen molar-refractivity contribution in [3.63, 3.8) is 0 Å². The predicted octanol–water partition coefficient (Wildman–Crippen LogP) is 1.15. The molecule has 2 aromatic rings. The molecule has 0 aromatic carbocycles. The molecule has 2 fully saturated rings. The zero-order valence-corrected chi connectivity index (χ0v) is 16.6. The van der Waals surface area contributed by atoms with E-state index in [1.165, 1.54) is 10.8 Å². The molecule has 0 amide bonds. The summed E-state index contributed by atoms with van der Waals surface area (Å²) in [5, 5.41) is 14.4. The van der Waals surface area contributed by atoms with Crippen molar-refractivity contribution >= 4 is 17.3 Å². The van der Waals surface area contributed by atoms with Gasteiger partial charge in [-0.2, -0.15) is 10.4 Å². The molecule has 2 aromatic heterocycles. The lowest BCUT2D eigenvalue weighted by Gasteiger charge is -2.29. The van der Waals surface area contributed by atoms with Gasteiger partial charge in [0.15, 0.2) is 11.6 Å². The maximum absolute atomic E-state index is 12.0. The highest BCUT2D eigenvalue weighted by Gasteiger charge is 2.65. The van der Waals surface area contributed by atoms with E-state index in [2.05, 4.69) is 16.2 Å². The van der Waals surface area contributed by atoms with Crippen LogP contribution in [0.5, 0.6) is 0 Å². The molecule has 0 saturated carbocycles. The average molecular weight is 402 g/mol. The van der Waals surface area contributed by atoms with Crippen LogP contribution in [0.25, 0.3) is 5.52 Å². The number of hydrogen-bond acceptors (Lipinski definition) is 9. The largest absolute Gasteiger partial charge is 0.463 e. The van der Waals surface area contributed by atoms with E-state index in [1.54, 1.807) is 39.8 Å². The lowest BCUT2D eigenvalue weighted by Crippen LogP contribution is -2.40. The predicted molar refractivity (Wildman–Crippen MR) is 99.2 cm³/mol. The van der Waals surface area contributed by atoms with E-state index in [9.17, 15) is 10.1 Å². The van der Waals surface area contributed by atoms with Gasteiger partial charge in [-0.1, -0.05) is 13.8 Å². The second-order valence-corrected chi connectivity index (χ2v) is 7.80. The third kappa shape index (κ3) is 3.02. The number of ether oxygens (including phenoxy) is 4. The van der Waals surface area contributed by atoms with E-state index in [-0.39, 0.29) is 24.0 Å². The summed E-state index contributed by atoms with van der Waals surface area (Å²) in [7, 11) is 0. The van der Waals surface area contributed by atoms with Gasteiger partial charge in [0, 0.05) is 0 Å². The topological polar surface area (TPSA) is 134 Å². The highest BCUT2D eigenvalue weighted by Crippen LogP contribution is 2.49. The second kappa shape index (κ2) is 6.66. The zero-order valence-electron chi connectivity index (χ0n) is 17.6. The molecule has 4 rings (SSSR count). The number of hydrogen-bond donors (Lipinski definition) is 1. The van der Waals surface area contributed by atoms with Gasteiger partial charge in [-0.15, -0.1) is 0 Å². The number of esters is 1. The first kappa shape index (κ1) is 18.3. The Kier molecular flexibility index (Phi) is 4.20. The van der Waals surface area contributed by atoms with E-state index in [0.717, 1.165) is 0 Å². The van der Waals surface area contributed by atoms with Crippen molar-refractivity contribution in [2.45, 2.75) is 57.4 Å². The van der Waals surface area contributed by atoms with Crippen LogP contribution in [0.1, 0.15) is 34.8 Å². The molecular formula is C19H23N5O5. The number of carbonyl (C=O) groups is 1. The monoisotopic (exact) mass is 402 g/mol. The van der Waals surface area contributed by atoms with Crippen molar-refractivity contribution in [3.8, 4) is 6.07 Å². The molecule has 0 spiro atoms. The number of nitrogen functional groups attached to an aromatic ring is 1. The molecule has 10 heteroatoms. The van der Waals surface area contributed by atoms with Gasteiger partial charge >= 0.3 is 5.97 Å². The summed E-state index contributed by atoms with van der Waals surface area (Å²) < 4.78 is 33.8. The first-order valence-corrected chi connectivity index (χ1v) is 9.27. The summed E-state index contributed by atoms with van der Waals surface area (Å²) in [5.74, 6) is -1.70. The van der Waals surface area contributed by atoms with Crippen LogP contribution in [0.15, 0.2) is 18.5 Å². The van der Waals surface area contributed by atoms with Gasteiger partial charge in [0.1, 0.15) is 42.8 Å². The lowest BCUT2D eigenvalue weighted by atomic mass is 9.92. The summed E-state index contributed by atoms with van der Waals surface area (Å²) in [6.07, 6.45) is -2.60. The fraction of sp³-hybridized carbons (Fsp3) is 0.579. The van der Waals surface area contributed by atoms with Crippen molar-refractivity contribution < 1.29 is 25.1 Å². The Bertz CT molecular complexity index is 1050. The minimum atomic E-state index is -1.95. The molecule has 4 atom stereocenters. The SMILES string of the molecule is [2H][C@@]12OC(C)(C)O[C@@H]1[C@@H](COC(=O)C(C)C)O[C@@]2(C#N)c1ccc2c(N)ncnn12. The maximum Gasteiger partial charge on any atom is 0.308 e. The highest BCUT2D eigenvalue weighted by atomic mass is 16.8. The smallest absolute Gasteiger partial charge is 0.308 e. The standard InChI is InChI=1S/C19H23N5O5/c1-10(2)17(25)26-7-12-14-15(29-18(3,4)28-14)19(8-20,27-12)13-6-5-11-16(21)22-9-23-24(11)13/h5-6,9-10,12,14-15H,7H2,1-4H3,(H2,21,22,23)/t12-,14-,15-,19+/m1/s1/i15D. The van der Waals surface area contributed by atoms with Gasteiger partial charge < -0.3 is 24.7 Å². The fourth-order valence-electron chi connectivity index (χ4n) is 3.57. The molecule has 2 aliphatic heterocycles. The van der Waals surface area contributed by atoms with E-state index in [4.69, 9.17) is 26.1 Å². The van der Waals surface area contributed by atoms with Crippen molar-refractivity contribution in [2.75, 3.05) is 12.3 Å². The Labute approximate surface area is 168 Å². The Morgan fingerprint density at radius 1 is 1.45 bits per heavy atom. The Morgan fingerprint density at radius 3 is 2.90 bits per heavy atom. The molecule has 0 radical (unpaired) electrons. The second-order valence-electron chi connectivity index (χ2n) is 7.80. The summed E-state index contributed by atoms with van der Waals surface area (Å²) in [5.41, 5.74) is 4.69. The van der Waals surface area contributed by atoms with Gasteiger partial charge in [0.05, 0.1) is 13.0 Å². The lowest BCUT2D eigenvalue weighted by molar-refractivity contribution is -0.207. The van der Waals surface area contributed by atoms with Gasteiger partial charge in [0.2, 0.25) is 5.60 Å². The average Bonchev–Trinajstić information content (AvgIpc) is 3.27. The third-order valence-corrected chi connectivity index (χ3v) is 4.90. The highest BCUT2D eigenvalue weighted by molar-refractivity contribution is 5.71.